The van der Waals surface area contributed by atoms with Crippen molar-refractivity contribution in [3.63, 3.8) is 0 Å². The lowest BCUT2D eigenvalue weighted by Gasteiger charge is -2.32. The third-order valence-corrected chi connectivity index (χ3v) is 3.55. The summed E-state index contributed by atoms with van der Waals surface area (Å²) in [4.78, 5) is 4.98. The third kappa shape index (κ3) is 3.06. The highest BCUT2D eigenvalue weighted by Crippen LogP contribution is 2.09. The van der Waals surface area contributed by atoms with Crippen LogP contribution in [0, 0.1) is 6.92 Å². The van der Waals surface area contributed by atoms with E-state index in [0.717, 1.165) is 0 Å². The van der Waals surface area contributed by atoms with Crippen molar-refractivity contribution in [2.75, 3.05) is 39.8 Å². The molecule has 2 heteroatoms. The Morgan fingerprint density at radius 2 is 1.75 bits per heavy atom. The van der Waals surface area contributed by atoms with E-state index in [4.69, 9.17) is 0 Å². The van der Waals surface area contributed by atoms with Crippen molar-refractivity contribution in [1.29, 1.82) is 0 Å². The molecular formula is C14H22N2. The zero-order valence-corrected chi connectivity index (χ0v) is 10.4. The number of piperazine rings is 1. The number of benzene rings is 1. The van der Waals surface area contributed by atoms with Crippen LogP contribution in [0.2, 0.25) is 0 Å². The summed E-state index contributed by atoms with van der Waals surface area (Å²) >= 11 is 0. The Bertz CT molecular complexity index is 327. The van der Waals surface area contributed by atoms with Crippen molar-refractivity contribution in [2.45, 2.75) is 13.3 Å². The summed E-state index contributed by atoms with van der Waals surface area (Å²) in [7, 11) is 2.21. The summed E-state index contributed by atoms with van der Waals surface area (Å²) in [5.41, 5.74) is 2.93. The van der Waals surface area contributed by atoms with Gasteiger partial charge in [-0.3, -0.25) is 0 Å². The summed E-state index contributed by atoms with van der Waals surface area (Å²) in [6, 6.07) is 8.73. The highest BCUT2D eigenvalue weighted by Gasteiger charge is 2.13. The predicted molar refractivity (Wildman–Crippen MR) is 68.8 cm³/mol. The Kier molecular flexibility index (Phi) is 3.97. The maximum atomic E-state index is 2.58. The summed E-state index contributed by atoms with van der Waals surface area (Å²) < 4.78 is 0. The van der Waals surface area contributed by atoms with Crippen molar-refractivity contribution >= 4 is 0 Å². The zero-order chi connectivity index (χ0) is 11.4. The van der Waals surface area contributed by atoms with Gasteiger partial charge in [0.2, 0.25) is 0 Å². The Labute approximate surface area is 98.9 Å². The van der Waals surface area contributed by atoms with E-state index in [9.17, 15) is 0 Å². The summed E-state index contributed by atoms with van der Waals surface area (Å²) in [6.07, 6.45) is 1.19. The SMILES string of the molecule is Cc1ccccc1CCN1CCN(C)CC1. The monoisotopic (exact) mass is 218 g/mol. The molecule has 1 heterocycles. The second-order valence-electron chi connectivity index (χ2n) is 4.82. The first-order valence-electron chi connectivity index (χ1n) is 6.21. The van der Waals surface area contributed by atoms with Crippen LogP contribution in [0.4, 0.5) is 0 Å². The fraction of sp³-hybridized carbons (Fsp3) is 0.571. The lowest BCUT2D eigenvalue weighted by atomic mass is 10.1. The highest BCUT2D eigenvalue weighted by molar-refractivity contribution is 5.25. The van der Waals surface area contributed by atoms with Gasteiger partial charge < -0.3 is 9.80 Å². The molecule has 1 fully saturated rings. The molecule has 0 aliphatic carbocycles. The van der Waals surface area contributed by atoms with Gasteiger partial charge in [0.05, 0.1) is 0 Å². The van der Waals surface area contributed by atoms with Crippen LogP contribution in [0.3, 0.4) is 0 Å². The molecule has 1 saturated heterocycles. The van der Waals surface area contributed by atoms with Crippen LogP contribution in [0.25, 0.3) is 0 Å². The number of likely N-dealkylation sites (N-methyl/N-ethyl adjacent to an activating group) is 1. The minimum absolute atomic E-state index is 1.19. The van der Waals surface area contributed by atoms with Gasteiger partial charge in [0.1, 0.15) is 0 Å². The van der Waals surface area contributed by atoms with Crippen LogP contribution in [-0.2, 0) is 6.42 Å². The van der Waals surface area contributed by atoms with Gasteiger partial charge in [-0.1, -0.05) is 24.3 Å². The zero-order valence-electron chi connectivity index (χ0n) is 10.4. The fourth-order valence-electron chi connectivity index (χ4n) is 2.24. The van der Waals surface area contributed by atoms with Gasteiger partial charge in [-0.2, -0.15) is 0 Å². The first-order chi connectivity index (χ1) is 7.75. The predicted octanol–water partition coefficient (Wildman–Crippen LogP) is 1.78. The molecule has 2 nitrogen and oxygen atoms in total. The van der Waals surface area contributed by atoms with Crippen LogP contribution in [0.1, 0.15) is 11.1 Å². The molecule has 0 amide bonds. The molecule has 2 rings (SSSR count). The van der Waals surface area contributed by atoms with Crippen molar-refractivity contribution < 1.29 is 0 Å². The van der Waals surface area contributed by atoms with Gasteiger partial charge in [0.25, 0.3) is 0 Å². The van der Waals surface area contributed by atoms with Gasteiger partial charge in [0.15, 0.2) is 0 Å². The lowest BCUT2D eigenvalue weighted by Crippen LogP contribution is -2.45. The van der Waals surface area contributed by atoms with E-state index in [-0.39, 0.29) is 0 Å². The summed E-state index contributed by atoms with van der Waals surface area (Å²) in [5, 5.41) is 0. The van der Waals surface area contributed by atoms with Crippen molar-refractivity contribution in [2.24, 2.45) is 0 Å². The molecule has 0 saturated carbocycles. The average Bonchev–Trinajstić information content (AvgIpc) is 2.30. The highest BCUT2D eigenvalue weighted by atomic mass is 15.2. The van der Waals surface area contributed by atoms with Gasteiger partial charge >= 0.3 is 0 Å². The van der Waals surface area contributed by atoms with Crippen molar-refractivity contribution in [3.05, 3.63) is 35.4 Å². The molecule has 0 atom stereocenters. The number of aryl methyl sites for hydroxylation is 1. The van der Waals surface area contributed by atoms with Crippen LogP contribution in [0.15, 0.2) is 24.3 Å². The van der Waals surface area contributed by atoms with Gasteiger partial charge in [0, 0.05) is 32.7 Å². The molecule has 0 spiro atoms. The van der Waals surface area contributed by atoms with Gasteiger partial charge in [-0.25, -0.2) is 0 Å². The Morgan fingerprint density at radius 1 is 1.06 bits per heavy atom. The van der Waals surface area contributed by atoms with Gasteiger partial charge in [-0.05, 0) is 31.5 Å². The van der Waals surface area contributed by atoms with E-state index < -0.39 is 0 Å². The smallest absolute Gasteiger partial charge is 0.0110 e. The Balaban J connectivity index is 1.81. The molecule has 16 heavy (non-hydrogen) atoms. The number of hydrogen-bond donors (Lipinski definition) is 0. The quantitative estimate of drug-likeness (QED) is 0.763. The molecule has 1 aromatic carbocycles. The van der Waals surface area contributed by atoms with E-state index in [1.165, 1.54) is 50.3 Å². The summed E-state index contributed by atoms with van der Waals surface area (Å²) in [6.45, 7) is 8.30. The van der Waals surface area contributed by atoms with Crippen molar-refractivity contribution in [1.82, 2.24) is 9.80 Å². The lowest BCUT2D eigenvalue weighted by molar-refractivity contribution is 0.155. The van der Waals surface area contributed by atoms with Crippen molar-refractivity contribution in [3.8, 4) is 0 Å². The largest absolute Gasteiger partial charge is 0.304 e. The molecule has 0 bridgehead atoms. The van der Waals surface area contributed by atoms with E-state index in [2.05, 4.69) is 48.0 Å². The number of rotatable bonds is 3. The molecule has 0 unspecified atom stereocenters. The first kappa shape index (κ1) is 11.6. The second-order valence-corrected chi connectivity index (χ2v) is 4.82. The molecular weight excluding hydrogens is 196 g/mol. The molecule has 1 aliphatic heterocycles. The average molecular weight is 218 g/mol. The Morgan fingerprint density at radius 3 is 2.44 bits per heavy atom. The minimum atomic E-state index is 1.19. The third-order valence-electron chi connectivity index (χ3n) is 3.55. The summed E-state index contributed by atoms with van der Waals surface area (Å²) in [5.74, 6) is 0. The fourth-order valence-corrected chi connectivity index (χ4v) is 2.24. The molecule has 88 valence electrons. The van der Waals surface area contributed by atoms with Crippen LogP contribution >= 0.6 is 0 Å². The van der Waals surface area contributed by atoms with Crippen LogP contribution < -0.4 is 0 Å². The van der Waals surface area contributed by atoms with E-state index in [1.54, 1.807) is 0 Å². The molecule has 1 aromatic rings. The topological polar surface area (TPSA) is 6.48 Å². The maximum absolute atomic E-state index is 2.58. The first-order valence-corrected chi connectivity index (χ1v) is 6.21. The van der Waals surface area contributed by atoms with Crippen LogP contribution in [0.5, 0.6) is 0 Å². The van der Waals surface area contributed by atoms with E-state index >= 15 is 0 Å². The Hall–Kier alpha value is -0.860. The number of hydrogen-bond acceptors (Lipinski definition) is 2. The van der Waals surface area contributed by atoms with E-state index in [1.807, 2.05) is 0 Å². The minimum Gasteiger partial charge on any atom is -0.304 e. The molecule has 0 aromatic heterocycles. The van der Waals surface area contributed by atoms with E-state index in [0.29, 0.717) is 0 Å². The molecule has 0 radical (unpaired) electrons. The molecule has 1 aliphatic rings. The number of nitrogens with zero attached hydrogens (tertiary/aromatic N) is 2. The maximum Gasteiger partial charge on any atom is 0.0110 e. The standard InChI is InChI=1S/C14H22N2/c1-13-5-3-4-6-14(13)7-8-16-11-9-15(2)10-12-16/h3-6H,7-12H2,1-2H3. The van der Waals surface area contributed by atoms with Crippen LogP contribution in [-0.4, -0.2) is 49.6 Å². The molecule has 0 N–H and O–H groups in total. The second kappa shape index (κ2) is 5.46. The normalized spacial score (nSPS) is 18.9. The van der Waals surface area contributed by atoms with Gasteiger partial charge in [-0.15, -0.1) is 0 Å².